The van der Waals surface area contributed by atoms with Gasteiger partial charge in [-0.15, -0.1) is 0 Å². The van der Waals surface area contributed by atoms with Crippen LogP contribution in [0.5, 0.6) is 5.75 Å². The molecule has 0 radical (unpaired) electrons. The minimum atomic E-state index is -1.03. The number of ketones is 1. The molecule has 1 aromatic heterocycles. The Morgan fingerprint density at radius 3 is 2.30 bits per heavy atom. The van der Waals surface area contributed by atoms with Gasteiger partial charge in [0.05, 0.1) is 17.9 Å². The average Bonchev–Trinajstić information content (AvgIpc) is 3.57. The molecule has 1 aliphatic carbocycles. The quantitative estimate of drug-likeness (QED) is 0.139. The zero-order valence-electron chi connectivity index (χ0n) is 24.4. The fraction of sp³-hybridized carbons (Fsp3) is 0.286. The molecule has 4 N–H and O–H groups in total. The maximum Gasteiger partial charge on any atom is 0.324 e. The second-order valence-corrected chi connectivity index (χ2v) is 11.2. The van der Waals surface area contributed by atoms with Crippen LogP contribution in [0.25, 0.3) is 5.69 Å². The smallest absolute Gasteiger partial charge is 0.324 e. The van der Waals surface area contributed by atoms with Gasteiger partial charge in [-0.2, -0.15) is 0 Å². The third-order valence-corrected chi connectivity index (χ3v) is 8.37. The zero-order chi connectivity index (χ0) is 31.1. The molecule has 1 saturated carbocycles. The van der Waals surface area contributed by atoms with Crippen LogP contribution in [0.1, 0.15) is 53.6 Å². The van der Waals surface area contributed by atoms with Crippen molar-refractivity contribution in [1.29, 1.82) is 0 Å². The van der Waals surface area contributed by atoms with Crippen molar-refractivity contribution < 1.29 is 23.8 Å². The number of carbonyl (C=O) groups excluding carboxylic acids is 1. The lowest BCUT2D eigenvalue weighted by atomic mass is 9.77. The molecule has 1 heterocycles. The molecule has 0 spiro atoms. The van der Waals surface area contributed by atoms with Crippen LogP contribution in [0.4, 0.5) is 10.2 Å². The fourth-order valence-corrected chi connectivity index (χ4v) is 6.05. The van der Waals surface area contributed by atoms with Crippen LogP contribution in [-0.2, 0) is 11.2 Å². The van der Waals surface area contributed by atoms with Crippen LogP contribution in [0.3, 0.4) is 0 Å². The normalized spacial score (nSPS) is 14.7. The van der Waals surface area contributed by atoms with E-state index in [4.69, 9.17) is 10.5 Å². The lowest BCUT2D eigenvalue weighted by Gasteiger charge is -2.36. The molecule has 8 nitrogen and oxygen atoms in total. The number of carboxylic acids is 1. The number of halogens is 1. The minimum absolute atomic E-state index is 0.0220. The molecular weight excluding hydrogens is 561 g/mol. The number of carbonyl (C=O) groups is 2. The Balaban J connectivity index is 1.22. The number of rotatable bonds is 13. The second-order valence-electron chi connectivity index (χ2n) is 11.2. The highest BCUT2D eigenvalue weighted by molar-refractivity contribution is 6.11. The Hall–Kier alpha value is -4.76. The number of ether oxygens (including phenoxy) is 1. The van der Waals surface area contributed by atoms with E-state index in [1.807, 2.05) is 30.3 Å². The molecule has 5 rings (SSSR count). The standard InChI is InChI=1S/C35H36FN3O5/c36-27-13-11-25(12-14-27)32(41)30-19-20-31(40)39(33(30)37)28-15-17-29(18-16-28)44-22-6-21-38-35(34(42)43,26-9-4-5-10-26)23-24-7-2-1-3-8-24/h1-3,7-8,11-20,26,38H,4-6,9-10,21-23,37H2,(H,42,43). The number of anilines is 1. The third kappa shape index (κ3) is 6.73. The number of pyridine rings is 1. The molecular formula is C35H36FN3O5. The van der Waals surface area contributed by atoms with Gasteiger partial charge in [0.2, 0.25) is 0 Å². The van der Waals surface area contributed by atoms with Crippen molar-refractivity contribution in [3.8, 4) is 11.4 Å². The number of nitrogens with one attached hydrogen (secondary N) is 1. The molecule has 0 amide bonds. The SMILES string of the molecule is Nc1c(C(=O)c2ccc(F)cc2)ccc(=O)n1-c1ccc(OCCCNC(Cc2ccccc2)(C(=O)O)C2CCCC2)cc1. The van der Waals surface area contributed by atoms with Crippen LogP contribution in [0, 0.1) is 11.7 Å². The van der Waals surface area contributed by atoms with Crippen LogP contribution in [0.2, 0.25) is 0 Å². The number of aliphatic carboxylic acids is 1. The van der Waals surface area contributed by atoms with Crippen LogP contribution in [-0.4, -0.2) is 40.1 Å². The summed E-state index contributed by atoms with van der Waals surface area (Å²) in [7, 11) is 0. The Kier molecular flexibility index (Phi) is 9.55. The predicted octanol–water partition coefficient (Wildman–Crippen LogP) is 5.40. The van der Waals surface area contributed by atoms with E-state index < -0.39 is 28.7 Å². The number of aromatic nitrogens is 1. The van der Waals surface area contributed by atoms with Gasteiger partial charge in [0, 0.05) is 18.1 Å². The first kappa shape index (κ1) is 30.7. The number of hydrogen-bond donors (Lipinski definition) is 3. The topological polar surface area (TPSA) is 124 Å². The predicted molar refractivity (Wildman–Crippen MR) is 167 cm³/mol. The molecule has 1 aliphatic rings. The Morgan fingerprint density at radius 2 is 1.64 bits per heavy atom. The summed E-state index contributed by atoms with van der Waals surface area (Å²) in [5.41, 5.74) is 6.68. The maximum atomic E-state index is 13.3. The average molecular weight is 598 g/mol. The number of hydrogen-bond acceptors (Lipinski definition) is 6. The van der Waals surface area contributed by atoms with E-state index in [1.165, 1.54) is 41.0 Å². The molecule has 1 atom stereocenters. The van der Waals surface area contributed by atoms with E-state index in [2.05, 4.69) is 5.32 Å². The molecule has 9 heteroatoms. The Morgan fingerprint density at radius 1 is 0.955 bits per heavy atom. The highest BCUT2D eigenvalue weighted by Crippen LogP contribution is 2.37. The Bertz CT molecular complexity index is 1650. The fourth-order valence-electron chi connectivity index (χ4n) is 6.05. The first-order valence-electron chi connectivity index (χ1n) is 14.9. The molecule has 3 aromatic carbocycles. The van der Waals surface area contributed by atoms with Gasteiger partial charge in [0.1, 0.15) is 22.9 Å². The maximum absolute atomic E-state index is 13.3. The monoisotopic (exact) mass is 597 g/mol. The summed E-state index contributed by atoms with van der Waals surface area (Å²) in [4.78, 5) is 38.4. The van der Waals surface area contributed by atoms with Crippen LogP contribution >= 0.6 is 0 Å². The van der Waals surface area contributed by atoms with E-state index in [0.717, 1.165) is 31.2 Å². The number of nitrogen functional groups attached to an aromatic ring is 1. The Labute approximate surface area is 255 Å². The van der Waals surface area contributed by atoms with Gasteiger partial charge in [-0.05, 0) is 91.9 Å². The summed E-state index contributed by atoms with van der Waals surface area (Å²) in [5, 5.41) is 13.8. The number of carboxylic acid groups (broad SMARTS) is 1. The molecule has 0 aliphatic heterocycles. The molecule has 44 heavy (non-hydrogen) atoms. The van der Waals surface area contributed by atoms with Gasteiger partial charge in [0.15, 0.2) is 5.78 Å². The largest absolute Gasteiger partial charge is 0.494 e. The van der Waals surface area contributed by atoms with E-state index in [-0.39, 0.29) is 22.9 Å². The zero-order valence-corrected chi connectivity index (χ0v) is 24.4. The van der Waals surface area contributed by atoms with E-state index in [1.54, 1.807) is 24.3 Å². The van der Waals surface area contributed by atoms with Crippen LogP contribution < -0.4 is 21.3 Å². The number of nitrogens with zero attached hydrogens (tertiary/aromatic N) is 1. The molecule has 1 unspecified atom stereocenters. The summed E-state index contributed by atoms with van der Waals surface area (Å²) in [6, 6.07) is 24.3. The van der Waals surface area contributed by atoms with Gasteiger partial charge < -0.3 is 20.9 Å². The molecule has 0 bridgehead atoms. The van der Waals surface area contributed by atoms with E-state index in [9.17, 15) is 23.9 Å². The highest BCUT2D eigenvalue weighted by atomic mass is 19.1. The van der Waals surface area contributed by atoms with E-state index in [0.29, 0.717) is 37.4 Å². The summed E-state index contributed by atoms with van der Waals surface area (Å²) < 4.78 is 20.5. The van der Waals surface area contributed by atoms with Gasteiger partial charge in [0.25, 0.3) is 5.56 Å². The summed E-state index contributed by atoms with van der Waals surface area (Å²) in [5.74, 6) is -1.08. The first-order valence-corrected chi connectivity index (χ1v) is 14.9. The summed E-state index contributed by atoms with van der Waals surface area (Å²) >= 11 is 0. The van der Waals surface area contributed by atoms with Crippen molar-refractivity contribution in [3.63, 3.8) is 0 Å². The number of nitrogens with two attached hydrogens (primary N) is 1. The lowest BCUT2D eigenvalue weighted by Crippen LogP contribution is -2.59. The molecule has 1 fully saturated rings. The first-order chi connectivity index (χ1) is 21.3. The van der Waals surface area contributed by atoms with Crippen molar-refractivity contribution in [2.75, 3.05) is 18.9 Å². The van der Waals surface area contributed by atoms with Crippen molar-refractivity contribution in [2.24, 2.45) is 5.92 Å². The summed E-state index contributed by atoms with van der Waals surface area (Å²) in [6.07, 6.45) is 4.90. The highest BCUT2D eigenvalue weighted by Gasteiger charge is 2.46. The summed E-state index contributed by atoms with van der Waals surface area (Å²) in [6.45, 7) is 0.844. The third-order valence-electron chi connectivity index (χ3n) is 8.37. The molecule has 0 saturated heterocycles. The molecule has 4 aromatic rings. The van der Waals surface area contributed by atoms with Gasteiger partial charge in [-0.1, -0.05) is 43.2 Å². The van der Waals surface area contributed by atoms with Gasteiger partial charge in [-0.3, -0.25) is 19.0 Å². The van der Waals surface area contributed by atoms with Crippen molar-refractivity contribution >= 4 is 17.6 Å². The second kappa shape index (κ2) is 13.7. The van der Waals surface area contributed by atoms with E-state index >= 15 is 0 Å². The van der Waals surface area contributed by atoms with Gasteiger partial charge >= 0.3 is 5.97 Å². The van der Waals surface area contributed by atoms with Crippen LogP contribution in [0.15, 0.2) is 95.8 Å². The minimum Gasteiger partial charge on any atom is -0.494 e. The van der Waals surface area contributed by atoms with Gasteiger partial charge in [-0.25, -0.2) is 4.39 Å². The van der Waals surface area contributed by atoms with Crippen molar-refractivity contribution in [1.82, 2.24) is 9.88 Å². The lowest BCUT2D eigenvalue weighted by molar-refractivity contribution is -0.147. The van der Waals surface area contributed by atoms with Crippen molar-refractivity contribution in [3.05, 3.63) is 124 Å². The molecule has 228 valence electrons. The number of benzene rings is 3. The van der Waals surface area contributed by atoms with Crippen molar-refractivity contribution in [2.45, 2.75) is 44.1 Å².